The second-order valence-electron chi connectivity index (χ2n) is 7.62. The normalized spacial score (nSPS) is 14.8. The number of anilines is 1. The zero-order valence-corrected chi connectivity index (χ0v) is 16.7. The molecule has 1 saturated heterocycles. The van der Waals surface area contributed by atoms with Crippen molar-refractivity contribution in [2.24, 2.45) is 0 Å². The number of aromatic amines is 1. The molecule has 1 aromatic heterocycles. The lowest BCUT2D eigenvalue weighted by Crippen LogP contribution is -2.46. The van der Waals surface area contributed by atoms with E-state index in [1.807, 2.05) is 66.4 Å². The van der Waals surface area contributed by atoms with Gasteiger partial charge in [0, 0.05) is 50.0 Å². The lowest BCUT2D eigenvalue weighted by atomic mass is 10.0. The van der Waals surface area contributed by atoms with Crippen LogP contribution in [-0.2, 0) is 0 Å². The third-order valence-electron chi connectivity index (χ3n) is 5.43. The smallest absolute Gasteiger partial charge is 0.253 e. The Morgan fingerprint density at radius 1 is 1.07 bits per heavy atom. The van der Waals surface area contributed by atoms with E-state index in [9.17, 15) is 9.59 Å². The summed E-state index contributed by atoms with van der Waals surface area (Å²) in [4.78, 5) is 36.4. The summed E-state index contributed by atoms with van der Waals surface area (Å²) < 4.78 is 0. The molecule has 0 atom stereocenters. The van der Waals surface area contributed by atoms with Crippen molar-refractivity contribution in [3.05, 3.63) is 59.9 Å². The molecule has 4 rings (SSSR count). The molecule has 2 N–H and O–H groups in total. The number of carbonyl (C=O) groups excluding carboxylic acids is 2. The van der Waals surface area contributed by atoms with Crippen LogP contribution in [-0.4, -0.2) is 59.9 Å². The van der Waals surface area contributed by atoms with Crippen molar-refractivity contribution in [1.82, 2.24) is 20.2 Å². The Morgan fingerprint density at radius 2 is 1.76 bits per heavy atom. The fraction of sp³-hybridized carbons (Fsp3) is 0.318. The largest absolute Gasteiger partial charge is 0.378 e. The van der Waals surface area contributed by atoms with Gasteiger partial charge in [-0.05, 0) is 55.3 Å². The number of likely N-dealkylation sites (tertiary alicyclic amines) is 1. The molecule has 3 aromatic rings. The van der Waals surface area contributed by atoms with E-state index in [4.69, 9.17) is 0 Å². The van der Waals surface area contributed by atoms with Gasteiger partial charge >= 0.3 is 0 Å². The van der Waals surface area contributed by atoms with Crippen LogP contribution in [0.15, 0.2) is 48.8 Å². The van der Waals surface area contributed by atoms with Gasteiger partial charge in [-0.15, -0.1) is 0 Å². The predicted molar refractivity (Wildman–Crippen MR) is 113 cm³/mol. The van der Waals surface area contributed by atoms with E-state index in [0.29, 0.717) is 24.2 Å². The van der Waals surface area contributed by atoms with Crippen LogP contribution in [0.1, 0.15) is 33.6 Å². The minimum Gasteiger partial charge on any atom is -0.378 e. The SMILES string of the molecule is CN(C)c1ccc(C(=O)NC2CCN(C(=O)c3ccc4nc[nH]c4c3)CC2)cc1. The van der Waals surface area contributed by atoms with Gasteiger partial charge in [-0.2, -0.15) is 0 Å². The second-order valence-corrected chi connectivity index (χ2v) is 7.62. The standard InChI is InChI=1S/C22H25N5O2/c1-26(2)18-6-3-15(4-7-18)21(28)25-17-9-11-27(12-10-17)22(29)16-5-8-19-20(13-16)24-14-23-19/h3-8,13-14,17H,9-12H2,1-2H3,(H,23,24)(H,25,28). The third kappa shape index (κ3) is 4.08. The molecule has 1 aliphatic rings. The van der Waals surface area contributed by atoms with Crippen LogP contribution >= 0.6 is 0 Å². The van der Waals surface area contributed by atoms with Gasteiger partial charge in [-0.25, -0.2) is 4.98 Å². The fourth-order valence-electron chi connectivity index (χ4n) is 3.66. The van der Waals surface area contributed by atoms with E-state index >= 15 is 0 Å². The summed E-state index contributed by atoms with van der Waals surface area (Å²) in [5, 5.41) is 3.10. The van der Waals surface area contributed by atoms with Gasteiger partial charge in [0.1, 0.15) is 0 Å². The maximum atomic E-state index is 12.8. The Kier molecular flexibility index (Phi) is 5.20. The Morgan fingerprint density at radius 3 is 2.45 bits per heavy atom. The van der Waals surface area contributed by atoms with Gasteiger partial charge in [-0.1, -0.05) is 0 Å². The average molecular weight is 391 g/mol. The molecule has 1 aliphatic heterocycles. The predicted octanol–water partition coefficient (Wildman–Crippen LogP) is 2.66. The summed E-state index contributed by atoms with van der Waals surface area (Å²) in [6.45, 7) is 1.26. The number of nitrogens with zero attached hydrogens (tertiary/aromatic N) is 3. The molecular formula is C22H25N5O2. The minimum atomic E-state index is -0.0650. The zero-order valence-electron chi connectivity index (χ0n) is 16.7. The Labute approximate surface area is 169 Å². The maximum absolute atomic E-state index is 12.8. The van der Waals surface area contributed by atoms with Crippen LogP contribution in [0.25, 0.3) is 11.0 Å². The number of benzene rings is 2. The summed E-state index contributed by atoms with van der Waals surface area (Å²) in [5.74, 6) is -0.0460. The van der Waals surface area contributed by atoms with Crippen molar-refractivity contribution >= 4 is 28.5 Å². The fourth-order valence-corrected chi connectivity index (χ4v) is 3.66. The quantitative estimate of drug-likeness (QED) is 0.716. The van der Waals surface area contributed by atoms with Crippen LogP contribution in [0.4, 0.5) is 5.69 Å². The lowest BCUT2D eigenvalue weighted by molar-refractivity contribution is 0.0698. The molecule has 2 heterocycles. The highest BCUT2D eigenvalue weighted by Gasteiger charge is 2.25. The van der Waals surface area contributed by atoms with Crippen molar-refractivity contribution in [2.75, 3.05) is 32.1 Å². The van der Waals surface area contributed by atoms with Gasteiger partial charge < -0.3 is 20.1 Å². The lowest BCUT2D eigenvalue weighted by Gasteiger charge is -2.32. The maximum Gasteiger partial charge on any atom is 0.253 e. The van der Waals surface area contributed by atoms with Crippen molar-refractivity contribution < 1.29 is 9.59 Å². The van der Waals surface area contributed by atoms with Gasteiger partial charge in [0.25, 0.3) is 11.8 Å². The van der Waals surface area contributed by atoms with Crippen molar-refractivity contribution in [3.8, 4) is 0 Å². The number of hydrogen-bond donors (Lipinski definition) is 2. The highest BCUT2D eigenvalue weighted by atomic mass is 16.2. The van der Waals surface area contributed by atoms with Crippen LogP contribution in [0.3, 0.4) is 0 Å². The minimum absolute atomic E-state index is 0.0190. The first-order valence-corrected chi connectivity index (χ1v) is 9.82. The number of amides is 2. The molecule has 7 heteroatoms. The van der Waals surface area contributed by atoms with E-state index < -0.39 is 0 Å². The van der Waals surface area contributed by atoms with Crippen LogP contribution < -0.4 is 10.2 Å². The first-order chi connectivity index (χ1) is 14.0. The number of rotatable bonds is 4. The number of H-pyrrole nitrogens is 1. The monoisotopic (exact) mass is 391 g/mol. The molecule has 0 spiro atoms. The number of piperidine rings is 1. The molecular weight excluding hydrogens is 366 g/mol. The number of hydrogen-bond acceptors (Lipinski definition) is 4. The summed E-state index contributed by atoms with van der Waals surface area (Å²) in [6.07, 6.45) is 3.13. The topological polar surface area (TPSA) is 81.3 Å². The van der Waals surface area contributed by atoms with Crippen LogP contribution in [0.5, 0.6) is 0 Å². The van der Waals surface area contributed by atoms with E-state index in [1.165, 1.54) is 0 Å². The zero-order chi connectivity index (χ0) is 20.4. The summed E-state index contributed by atoms with van der Waals surface area (Å²) in [5.41, 5.74) is 4.08. The molecule has 2 aromatic carbocycles. The molecule has 0 unspecified atom stereocenters. The average Bonchev–Trinajstić information content (AvgIpc) is 3.21. The van der Waals surface area contributed by atoms with Crippen molar-refractivity contribution in [2.45, 2.75) is 18.9 Å². The first kappa shape index (κ1) is 19.0. The van der Waals surface area contributed by atoms with E-state index in [2.05, 4.69) is 15.3 Å². The molecule has 0 bridgehead atoms. The highest BCUT2D eigenvalue weighted by Crippen LogP contribution is 2.18. The molecule has 150 valence electrons. The van der Waals surface area contributed by atoms with Gasteiger partial charge in [-0.3, -0.25) is 9.59 Å². The molecule has 1 fully saturated rings. The Bertz CT molecular complexity index is 1020. The Balaban J connectivity index is 1.32. The second kappa shape index (κ2) is 7.95. The first-order valence-electron chi connectivity index (χ1n) is 9.82. The Hall–Kier alpha value is -3.35. The van der Waals surface area contributed by atoms with Gasteiger partial charge in [0.15, 0.2) is 0 Å². The molecule has 2 amide bonds. The molecule has 7 nitrogen and oxygen atoms in total. The molecule has 0 radical (unpaired) electrons. The molecule has 0 saturated carbocycles. The molecule has 0 aliphatic carbocycles. The van der Waals surface area contributed by atoms with Crippen LogP contribution in [0.2, 0.25) is 0 Å². The van der Waals surface area contributed by atoms with Gasteiger partial charge in [0.05, 0.1) is 17.4 Å². The number of aromatic nitrogens is 2. The number of carbonyl (C=O) groups is 2. The number of imidazole rings is 1. The third-order valence-corrected chi connectivity index (χ3v) is 5.43. The highest BCUT2D eigenvalue weighted by molar-refractivity contribution is 5.97. The van der Waals surface area contributed by atoms with Crippen molar-refractivity contribution in [1.29, 1.82) is 0 Å². The van der Waals surface area contributed by atoms with E-state index in [-0.39, 0.29) is 17.9 Å². The summed E-state index contributed by atoms with van der Waals surface area (Å²) in [7, 11) is 3.94. The molecule has 29 heavy (non-hydrogen) atoms. The number of nitrogens with one attached hydrogen (secondary N) is 2. The number of fused-ring (bicyclic) bond motifs is 1. The van der Waals surface area contributed by atoms with Gasteiger partial charge in [0.2, 0.25) is 0 Å². The summed E-state index contributed by atoms with van der Waals surface area (Å²) >= 11 is 0. The van der Waals surface area contributed by atoms with E-state index in [1.54, 1.807) is 6.33 Å². The summed E-state index contributed by atoms with van der Waals surface area (Å²) in [6, 6.07) is 13.2. The van der Waals surface area contributed by atoms with Crippen LogP contribution in [0, 0.1) is 0 Å². The van der Waals surface area contributed by atoms with E-state index in [0.717, 1.165) is 29.6 Å². The van der Waals surface area contributed by atoms with Crippen molar-refractivity contribution in [3.63, 3.8) is 0 Å².